The minimum absolute atomic E-state index is 0.159. The Hall–Kier alpha value is -3.93. The molecule has 5 rings (SSSR count). The molecular weight excluding hydrogens is 649 g/mol. The average Bonchev–Trinajstić information content (AvgIpc) is 3.63. The highest BCUT2D eigenvalue weighted by atomic mass is 32.2. The van der Waals surface area contributed by atoms with Gasteiger partial charge in [-0.05, 0) is 98.7 Å². The van der Waals surface area contributed by atoms with Crippen LogP contribution in [0.1, 0.15) is 80.8 Å². The molecule has 1 saturated carbocycles. The van der Waals surface area contributed by atoms with Crippen molar-refractivity contribution in [1.29, 1.82) is 0 Å². The Morgan fingerprint density at radius 2 is 1.45 bits per heavy atom. The molecule has 3 aromatic rings. The summed E-state index contributed by atoms with van der Waals surface area (Å²) in [6.45, 7) is 1.92. The van der Waals surface area contributed by atoms with Gasteiger partial charge < -0.3 is 28.4 Å². The van der Waals surface area contributed by atoms with E-state index in [0.717, 1.165) is 66.5 Å². The smallest absolute Gasteiger partial charge is 0.253 e. The number of amides is 1. The summed E-state index contributed by atoms with van der Waals surface area (Å²) >= 11 is 1.45. The number of ether oxygens (including phenoxy) is 6. The van der Waals surface area contributed by atoms with Crippen LogP contribution in [0.2, 0.25) is 0 Å². The van der Waals surface area contributed by atoms with E-state index in [4.69, 9.17) is 28.4 Å². The van der Waals surface area contributed by atoms with Crippen LogP contribution in [0.4, 0.5) is 4.39 Å². The summed E-state index contributed by atoms with van der Waals surface area (Å²) in [5.74, 6) is 1.99. The summed E-state index contributed by atoms with van der Waals surface area (Å²) in [6, 6.07) is 14.1. The number of rotatable bonds is 14. The lowest BCUT2D eigenvalue weighted by molar-refractivity contribution is -0.160. The largest absolute Gasteiger partial charge is 0.493 e. The number of carbonyl (C=O) groups excluding carboxylic acids is 1. The number of benzene rings is 3. The van der Waals surface area contributed by atoms with E-state index in [1.54, 1.807) is 46.6 Å². The van der Waals surface area contributed by atoms with E-state index in [1.165, 1.54) is 30.1 Å². The second-order valence-electron chi connectivity index (χ2n) is 12.2. The third kappa shape index (κ3) is 9.00. The molecule has 1 aliphatic heterocycles. The third-order valence-electron chi connectivity index (χ3n) is 8.99. The van der Waals surface area contributed by atoms with Gasteiger partial charge in [0.1, 0.15) is 11.3 Å². The number of hydroxylamine groups is 2. The molecule has 1 aliphatic carbocycles. The maximum atomic E-state index is 13.5. The van der Waals surface area contributed by atoms with E-state index in [1.807, 2.05) is 31.2 Å². The van der Waals surface area contributed by atoms with Crippen molar-refractivity contribution < 1.29 is 42.8 Å². The molecular formula is C38H46FNO8S. The van der Waals surface area contributed by atoms with Gasteiger partial charge in [0.15, 0.2) is 23.0 Å². The molecule has 1 N–H and O–H groups in total. The highest BCUT2D eigenvalue weighted by Gasteiger charge is 2.31. The Morgan fingerprint density at radius 3 is 2.02 bits per heavy atom. The van der Waals surface area contributed by atoms with Gasteiger partial charge >= 0.3 is 0 Å². The van der Waals surface area contributed by atoms with Crippen molar-refractivity contribution in [2.24, 2.45) is 5.92 Å². The summed E-state index contributed by atoms with van der Waals surface area (Å²) in [5.41, 5.74) is 2.29. The van der Waals surface area contributed by atoms with E-state index in [-0.39, 0.29) is 35.3 Å². The minimum Gasteiger partial charge on any atom is -0.493 e. The van der Waals surface area contributed by atoms with Gasteiger partial charge in [-0.25, -0.2) is 4.39 Å². The lowest BCUT2D eigenvalue weighted by atomic mass is 9.88. The fraction of sp³-hybridized carbons (Fsp3) is 0.447. The maximum Gasteiger partial charge on any atom is 0.253 e. The van der Waals surface area contributed by atoms with Crippen molar-refractivity contribution in [1.82, 2.24) is 5.06 Å². The Kier molecular flexibility index (Phi) is 12.7. The van der Waals surface area contributed by atoms with Gasteiger partial charge in [-0.2, -0.15) is 5.06 Å². The highest BCUT2D eigenvalue weighted by Crippen LogP contribution is 2.48. The van der Waals surface area contributed by atoms with Crippen LogP contribution in [0.15, 0.2) is 65.7 Å². The van der Waals surface area contributed by atoms with Crippen molar-refractivity contribution in [3.63, 3.8) is 0 Å². The zero-order chi connectivity index (χ0) is 34.9. The molecule has 3 aromatic carbocycles. The fourth-order valence-corrected chi connectivity index (χ4v) is 7.33. The van der Waals surface area contributed by atoms with Crippen molar-refractivity contribution in [2.75, 3.05) is 28.4 Å². The third-order valence-corrected chi connectivity index (χ3v) is 9.96. The molecule has 0 bridgehead atoms. The molecule has 0 spiro atoms. The van der Waals surface area contributed by atoms with Crippen molar-refractivity contribution in [2.45, 2.75) is 80.8 Å². The van der Waals surface area contributed by atoms with E-state index in [0.29, 0.717) is 40.2 Å². The predicted octanol–water partition coefficient (Wildman–Crippen LogP) is 8.82. The second kappa shape index (κ2) is 17.1. The van der Waals surface area contributed by atoms with Gasteiger partial charge in [0.25, 0.3) is 5.91 Å². The molecule has 0 radical (unpaired) electrons. The van der Waals surface area contributed by atoms with E-state index in [9.17, 15) is 14.4 Å². The maximum absolute atomic E-state index is 13.5. The van der Waals surface area contributed by atoms with E-state index in [2.05, 4.69) is 0 Å². The van der Waals surface area contributed by atoms with Gasteiger partial charge in [0.2, 0.25) is 5.75 Å². The number of hydrogen-bond donors (Lipinski definition) is 1. The van der Waals surface area contributed by atoms with Gasteiger partial charge in [0, 0.05) is 22.6 Å². The van der Waals surface area contributed by atoms with Crippen LogP contribution in [-0.4, -0.2) is 50.1 Å². The van der Waals surface area contributed by atoms with E-state index < -0.39 is 0 Å². The zero-order valence-electron chi connectivity index (χ0n) is 28.8. The number of allylic oxidation sites excluding steroid dienone is 1. The molecule has 11 heteroatoms. The number of nitrogens with zero attached hydrogens (tertiary/aromatic N) is 1. The lowest BCUT2D eigenvalue weighted by Gasteiger charge is -2.23. The summed E-state index contributed by atoms with van der Waals surface area (Å²) in [6.07, 6.45) is 9.33. The van der Waals surface area contributed by atoms with Crippen LogP contribution in [-0.2, 0) is 16.0 Å². The molecule has 3 atom stereocenters. The molecule has 264 valence electrons. The Balaban J connectivity index is 1.40. The standard InChI is InChI=1S/C38H46FNO8S/c1-24(49-30-15-13-29(39)14-16-30)47-36-26(12-9-19-40(42)38(41)25-10-7-6-8-11-25)20-27(21-33(36)43-2)31-17-18-32(48-31)28-22-34(44-3)37(46-5)35(23-28)45-4/h9,13-16,19-25,31-32,42H,6-8,10-12,17-18H2,1-5H3/b19-9+. The van der Waals surface area contributed by atoms with Crippen LogP contribution in [0, 0.1) is 11.7 Å². The highest BCUT2D eigenvalue weighted by molar-refractivity contribution is 7.99. The first kappa shape index (κ1) is 36.4. The zero-order valence-corrected chi connectivity index (χ0v) is 29.6. The first-order valence-electron chi connectivity index (χ1n) is 16.7. The number of thioether (sulfide) groups is 1. The van der Waals surface area contributed by atoms with E-state index >= 15 is 0 Å². The molecule has 1 heterocycles. The molecule has 3 unspecified atom stereocenters. The predicted molar refractivity (Wildman–Crippen MR) is 185 cm³/mol. The van der Waals surface area contributed by atoms with Crippen LogP contribution in [0.5, 0.6) is 28.7 Å². The van der Waals surface area contributed by atoms with Crippen molar-refractivity contribution in [3.8, 4) is 28.7 Å². The van der Waals surface area contributed by atoms with Crippen molar-refractivity contribution in [3.05, 3.63) is 83.3 Å². The Bertz CT molecular complexity index is 1570. The topological polar surface area (TPSA) is 95.9 Å². The monoisotopic (exact) mass is 695 g/mol. The summed E-state index contributed by atoms with van der Waals surface area (Å²) in [7, 11) is 6.35. The molecule has 2 aliphatic rings. The average molecular weight is 696 g/mol. The quantitative estimate of drug-likeness (QED) is 0.0768. The molecule has 1 saturated heterocycles. The summed E-state index contributed by atoms with van der Waals surface area (Å²) < 4.78 is 49.1. The first-order valence-corrected chi connectivity index (χ1v) is 17.6. The molecule has 49 heavy (non-hydrogen) atoms. The Morgan fingerprint density at radius 1 is 0.878 bits per heavy atom. The summed E-state index contributed by atoms with van der Waals surface area (Å²) in [4.78, 5) is 13.7. The van der Waals surface area contributed by atoms with Gasteiger partial charge in [-0.3, -0.25) is 10.0 Å². The fourth-order valence-electron chi connectivity index (χ4n) is 6.51. The van der Waals surface area contributed by atoms with Crippen LogP contribution < -0.4 is 23.7 Å². The summed E-state index contributed by atoms with van der Waals surface area (Å²) in [5, 5.41) is 11.3. The van der Waals surface area contributed by atoms with Crippen LogP contribution >= 0.6 is 11.8 Å². The number of carbonyl (C=O) groups is 1. The van der Waals surface area contributed by atoms with Gasteiger partial charge in [-0.1, -0.05) is 37.1 Å². The number of halogens is 1. The van der Waals surface area contributed by atoms with Crippen LogP contribution in [0.25, 0.3) is 0 Å². The second-order valence-corrected chi connectivity index (χ2v) is 13.6. The van der Waals surface area contributed by atoms with Gasteiger partial charge in [-0.15, -0.1) is 0 Å². The molecule has 0 aromatic heterocycles. The molecule has 2 fully saturated rings. The molecule has 1 amide bonds. The Labute approximate surface area is 292 Å². The van der Waals surface area contributed by atoms with Crippen molar-refractivity contribution >= 4 is 17.7 Å². The molecule has 9 nitrogen and oxygen atoms in total. The number of hydrogen-bond acceptors (Lipinski definition) is 9. The van der Waals surface area contributed by atoms with Crippen LogP contribution in [0.3, 0.4) is 0 Å². The first-order chi connectivity index (χ1) is 23.7. The van der Waals surface area contributed by atoms with Gasteiger partial charge in [0.05, 0.1) is 40.6 Å². The number of methoxy groups -OCH3 is 4. The lowest BCUT2D eigenvalue weighted by Crippen LogP contribution is -2.30. The normalized spacial score (nSPS) is 18.7. The SMILES string of the molecule is COc1cc(C2CCC(c3cc(OC)c(OC)c(OC)c3)O2)cc(C/C=C/N(O)C(=O)C2CCCCC2)c1OC(C)Sc1ccc(F)cc1. The minimum atomic E-state index is -0.345.